The lowest BCUT2D eigenvalue weighted by atomic mass is 10.00. The topological polar surface area (TPSA) is 58.8 Å². The fourth-order valence-electron chi connectivity index (χ4n) is 4.11. The SMILES string of the molecule is Cn1cc(-c2c[nH]cc2-c2c3ccccc3nn2CCCO)c2cc(Cl)ccc21. The van der Waals surface area contributed by atoms with Gasteiger partial charge in [0.05, 0.1) is 11.2 Å². The Morgan fingerprint density at radius 2 is 1.86 bits per heavy atom. The van der Waals surface area contributed by atoms with Crippen LogP contribution in [0.2, 0.25) is 5.02 Å². The highest BCUT2D eigenvalue weighted by Crippen LogP contribution is 2.40. The van der Waals surface area contributed by atoms with Crippen molar-refractivity contribution in [1.29, 1.82) is 0 Å². The number of rotatable bonds is 5. The van der Waals surface area contributed by atoms with Crippen LogP contribution in [0.3, 0.4) is 0 Å². The monoisotopic (exact) mass is 404 g/mol. The van der Waals surface area contributed by atoms with Gasteiger partial charge >= 0.3 is 0 Å². The molecule has 0 amide bonds. The molecule has 0 aliphatic heterocycles. The molecule has 0 radical (unpaired) electrons. The molecule has 5 rings (SSSR count). The molecule has 0 unspecified atom stereocenters. The van der Waals surface area contributed by atoms with Crippen molar-refractivity contribution in [3.8, 4) is 22.4 Å². The van der Waals surface area contributed by atoms with Gasteiger partial charge in [-0.2, -0.15) is 5.10 Å². The maximum absolute atomic E-state index is 9.34. The quantitative estimate of drug-likeness (QED) is 0.421. The summed E-state index contributed by atoms with van der Waals surface area (Å²) in [4.78, 5) is 3.29. The number of aromatic amines is 1. The van der Waals surface area contributed by atoms with E-state index >= 15 is 0 Å². The molecule has 0 atom stereocenters. The molecule has 6 heteroatoms. The highest BCUT2D eigenvalue weighted by Gasteiger charge is 2.20. The van der Waals surface area contributed by atoms with E-state index in [1.807, 2.05) is 60.5 Å². The smallest absolute Gasteiger partial charge is 0.0930 e. The second-order valence-corrected chi connectivity index (χ2v) is 7.70. The summed E-state index contributed by atoms with van der Waals surface area (Å²) >= 11 is 6.31. The lowest BCUT2D eigenvalue weighted by Crippen LogP contribution is -2.04. The number of hydrogen-bond donors (Lipinski definition) is 2. The number of halogens is 1. The van der Waals surface area contributed by atoms with Crippen LogP contribution in [0.4, 0.5) is 0 Å². The van der Waals surface area contributed by atoms with Crippen LogP contribution in [0.25, 0.3) is 44.2 Å². The van der Waals surface area contributed by atoms with Gasteiger partial charge in [-0.3, -0.25) is 4.68 Å². The van der Waals surface area contributed by atoms with Gasteiger partial charge in [0.1, 0.15) is 0 Å². The molecule has 0 saturated heterocycles. The molecule has 5 nitrogen and oxygen atoms in total. The molecule has 3 heterocycles. The summed E-state index contributed by atoms with van der Waals surface area (Å²) in [7, 11) is 2.05. The number of nitrogens with zero attached hydrogens (tertiary/aromatic N) is 3. The van der Waals surface area contributed by atoms with Crippen LogP contribution in [-0.4, -0.2) is 31.0 Å². The molecule has 0 fully saturated rings. The Morgan fingerprint density at radius 1 is 1.03 bits per heavy atom. The summed E-state index contributed by atoms with van der Waals surface area (Å²) in [6.45, 7) is 0.796. The molecule has 146 valence electrons. The molecule has 0 aliphatic carbocycles. The van der Waals surface area contributed by atoms with Gasteiger partial charge < -0.3 is 14.7 Å². The van der Waals surface area contributed by atoms with E-state index in [1.165, 1.54) is 0 Å². The first-order chi connectivity index (χ1) is 14.2. The fourth-order valence-corrected chi connectivity index (χ4v) is 4.28. The minimum absolute atomic E-state index is 0.136. The van der Waals surface area contributed by atoms with Gasteiger partial charge in [0.2, 0.25) is 0 Å². The normalized spacial score (nSPS) is 11.7. The molecule has 0 saturated carbocycles. The van der Waals surface area contributed by atoms with Crippen LogP contribution in [-0.2, 0) is 13.6 Å². The Morgan fingerprint density at radius 3 is 2.72 bits per heavy atom. The first kappa shape index (κ1) is 18.0. The third-order valence-corrected chi connectivity index (χ3v) is 5.65. The Labute approximate surface area is 173 Å². The Hall–Kier alpha value is -3.02. The highest BCUT2D eigenvalue weighted by atomic mass is 35.5. The van der Waals surface area contributed by atoms with Gasteiger partial charge in [0, 0.05) is 76.8 Å². The predicted molar refractivity (Wildman–Crippen MR) is 118 cm³/mol. The molecule has 0 aliphatic rings. The molecule has 3 aromatic heterocycles. The highest BCUT2D eigenvalue weighted by molar-refractivity contribution is 6.31. The van der Waals surface area contributed by atoms with Gasteiger partial charge in [-0.25, -0.2) is 0 Å². The Balaban J connectivity index is 1.76. The maximum Gasteiger partial charge on any atom is 0.0930 e. The first-order valence-electron chi connectivity index (χ1n) is 9.66. The van der Waals surface area contributed by atoms with E-state index in [0.29, 0.717) is 13.0 Å². The van der Waals surface area contributed by atoms with Crippen molar-refractivity contribution in [3.63, 3.8) is 0 Å². The second-order valence-electron chi connectivity index (χ2n) is 7.26. The van der Waals surface area contributed by atoms with E-state index in [9.17, 15) is 5.11 Å². The van der Waals surface area contributed by atoms with Crippen molar-refractivity contribution in [2.24, 2.45) is 7.05 Å². The molecule has 5 aromatic rings. The lowest BCUT2D eigenvalue weighted by molar-refractivity contribution is 0.277. The summed E-state index contributed by atoms with van der Waals surface area (Å²) in [6, 6.07) is 14.2. The third-order valence-electron chi connectivity index (χ3n) is 5.42. The zero-order chi connectivity index (χ0) is 20.0. The first-order valence-corrected chi connectivity index (χ1v) is 10.0. The van der Waals surface area contributed by atoms with Crippen molar-refractivity contribution in [1.82, 2.24) is 19.3 Å². The number of benzene rings is 2. The van der Waals surface area contributed by atoms with Crippen molar-refractivity contribution in [3.05, 3.63) is 66.1 Å². The number of fused-ring (bicyclic) bond motifs is 2. The molecular weight excluding hydrogens is 384 g/mol. The van der Waals surface area contributed by atoms with Gasteiger partial charge in [0.15, 0.2) is 0 Å². The zero-order valence-corrected chi connectivity index (χ0v) is 16.8. The number of aryl methyl sites for hydroxylation is 2. The van der Waals surface area contributed by atoms with Gasteiger partial charge in [-0.1, -0.05) is 29.8 Å². The van der Waals surface area contributed by atoms with E-state index in [-0.39, 0.29) is 6.61 Å². The number of aliphatic hydroxyl groups excluding tert-OH is 1. The van der Waals surface area contributed by atoms with Gasteiger partial charge in [-0.15, -0.1) is 0 Å². The van der Waals surface area contributed by atoms with Crippen LogP contribution >= 0.6 is 11.6 Å². The third kappa shape index (κ3) is 2.94. The van der Waals surface area contributed by atoms with E-state index in [0.717, 1.165) is 49.2 Å². The summed E-state index contributed by atoms with van der Waals surface area (Å²) in [5.41, 5.74) is 6.46. The summed E-state index contributed by atoms with van der Waals surface area (Å²) < 4.78 is 4.13. The average Bonchev–Trinajstić information content (AvgIpc) is 3.41. The van der Waals surface area contributed by atoms with Crippen LogP contribution in [0.5, 0.6) is 0 Å². The molecule has 2 aromatic carbocycles. The summed E-state index contributed by atoms with van der Waals surface area (Å²) in [6.07, 6.45) is 6.86. The zero-order valence-electron chi connectivity index (χ0n) is 16.1. The maximum atomic E-state index is 9.34. The summed E-state index contributed by atoms with van der Waals surface area (Å²) in [5.74, 6) is 0. The number of aromatic nitrogens is 4. The van der Waals surface area contributed by atoms with Crippen molar-refractivity contribution in [2.45, 2.75) is 13.0 Å². The van der Waals surface area contributed by atoms with Crippen LogP contribution < -0.4 is 0 Å². The molecule has 2 N–H and O–H groups in total. The van der Waals surface area contributed by atoms with Crippen molar-refractivity contribution >= 4 is 33.4 Å². The van der Waals surface area contributed by atoms with Crippen LogP contribution in [0.1, 0.15) is 6.42 Å². The van der Waals surface area contributed by atoms with Crippen LogP contribution in [0, 0.1) is 0 Å². The minimum Gasteiger partial charge on any atom is -0.396 e. The minimum atomic E-state index is 0.136. The predicted octanol–water partition coefficient (Wildman–Crippen LogP) is 5.23. The number of aliphatic hydroxyl groups is 1. The molecule has 0 spiro atoms. The van der Waals surface area contributed by atoms with E-state index in [1.54, 1.807) is 0 Å². The van der Waals surface area contributed by atoms with Gasteiger partial charge in [-0.05, 0) is 30.7 Å². The molecule has 29 heavy (non-hydrogen) atoms. The van der Waals surface area contributed by atoms with Crippen molar-refractivity contribution < 1.29 is 5.11 Å². The Kier molecular flexibility index (Phi) is 4.42. The molecule has 0 bridgehead atoms. The molecular formula is C23H21ClN4O. The standard InChI is InChI=1S/C23H21ClN4O/c1-27-14-20(17-11-15(24)7-8-22(17)27)18-12-25-13-19(18)23-16-5-2-3-6-21(16)26-28(23)9-4-10-29/h2-3,5-8,11-14,25,29H,4,9-10H2,1H3. The van der Waals surface area contributed by atoms with E-state index < -0.39 is 0 Å². The van der Waals surface area contributed by atoms with Crippen LogP contribution in [0.15, 0.2) is 61.1 Å². The van der Waals surface area contributed by atoms with E-state index in [2.05, 4.69) is 21.8 Å². The second kappa shape index (κ2) is 7.10. The summed E-state index contributed by atoms with van der Waals surface area (Å²) in [5, 5.41) is 17.1. The van der Waals surface area contributed by atoms with Crippen molar-refractivity contribution in [2.75, 3.05) is 6.61 Å². The number of hydrogen-bond acceptors (Lipinski definition) is 2. The van der Waals surface area contributed by atoms with Gasteiger partial charge in [0.25, 0.3) is 0 Å². The largest absolute Gasteiger partial charge is 0.396 e. The number of nitrogens with one attached hydrogen (secondary N) is 1. The van der Waals surface area contributed by atoms with E-state index in [4.69, 9.17) is 16.7 Å². The Bertz CT molecular complexity index is 1330. The fraction of sp³-hybridized carbons (Fsp3) is 0.174. The number of H-pyrrole nitrogens is 1. The average molecular weight is 405 g/mol. The lowest BCUT2D eigenvalue weighted by Gasteiger charge is -2.08.